The Hall–Kier alpha value is -0.340. The van der Waals surface area contributed by atoms with Crippen molar-refractivity contribution in [1.82, 2.24) is 10.2 Å². The van der Waals surface area contributed by atoms with Gasteiger partial charge < -0.3 is 5.32 Å². The number of nitrogens with zero attached hydrogens (tertiary/aromatic N) is 1. The van der Waals surface area contributed by atoms with Crippen LogP contribution in [0.1, 0.15) is 32.6 Å². The van der Waals surface area contributed by atoms with Crippen LogP contribution in [-0.2, 0) is 0 Å². The maximum absolute atomic E-state index is 3.72. The Labute approximate surface area is 88.4 Å². The summed E-state index contributed by atoms with van der Waals surface area (Å²) in [6, 6.07) is 0.695. The lowest BCUT2D eigenvalue weighted by atomic mass is 10.1. The van der Waals surface area contributed by atoms with Gasteiger partial charge in [-0.25, -0.2) is 0 Å². The van der Waals surface area contributed by atoms with E-state index < -0.39 is 0 Å². The molecule has 1 unspecified atom stereocenters. The predicted octanol–water partition coefficient (Wildman–Crippen LogP) is 2.03. The summed E-state index contributed by atoms with van der Waals surface area (Å²) in [4.78, 5) is 2.60. The lowest BCUT2D eigenvalue weighted by molar-refractivity contribution is 0.171. The predicted molar refractivity (Wildman–Crippen MR) is 62.6 cm³/mol. The molecule has 0 aromatic rings. The Morgan fingerprint density at radius 3 is 2.71 bits per heavy atom. The van der Waals surface area contributed by atoms with Crippen LogP contribution >= 0.6 is 0 Å². The summed E-state index contributed by atoms with van der Waals surface area (Å²) in [5.41, 5.74) is 0. The largest absolute Gasteiger partial charge is 0.315 e. The van der Waals surface area contributed by atoms with Gasteiger partial charge in [0.25, 0.3) is 0 Å². The van der Waals surface area contributed by atoms with E-state index >= 15 is 0 Å². The van der Waals surface area contributed by atoms with Gasteiger partial charge in [0.2, 0.25) is 0 Å². The molecule has 0 saturated carbocycles. The van der Waals surface area contributed by atoms with E-state index in [-0.39, 0.29) is 0 Å². The van der Waals surface area contributed by atoms with Crippen molar-refractivity contribution in [3.05, 3.63) is 12.7 Å². The van der Waals surface area contributed by atoms with Gasteiger partial charge in [0, 0.05) is 12.6 Å². The lowest BCUT2D eigenvalue weighted by Gasteiger charge is -2.32. The maximum Gasteiger partial charge on any atom is 0.0192 e. The smallest absolute Gasteiger partial charge is 0.0192 e. The van der Waals surface area contributed by atoms with Gasteiger partial charge in [-0.05, 0) is 45.8 Å². The molecule has 0 aliphatic carbocycles. The number of likely N-dealkylation sites (tertiary alicyclic amines) is 1. The molecule has 0 aromatic carbocycles. The molecule has 1 atom stereocenters. The second kappa shape index (κ2) is 7.02. The van der Waals surface area contributed by atoms with Gasteiger partial charge in [-0.2, -0.15) is 0 Å². The summed E-state index contributed by atoms with van der Waals surface area (Å²) >= 11 is 0. The van der Waals surface area contributed by atoms with Crippen molar-refractivity contribution in [1.29, 1.82) is 0 Å². The highest BCUT2D eigenvalue weighted by Gasteiger charge is 2.15. The highest BCUT2D eigenvalue weighted by molar-refractivity contribution is 4.74. The first-order chi connectivity index (χ1) is 6.84. The molecule has 1 rings (SSSR count). The highest BCUT2D eigenvalue weighted by Crippen LogP contribution is 2.11. The van der Waals surface area contributed by atoms with Crippen molar-refractivity contribution in [3.63, 3.8) is 0 Å². The molecule has 0 bridgehead atoms. The first-order valence-electron chi connectivity index (χ1n) is 5.90. The second-order valence-electron chi connectivity index (χ2n) is 4.23. The fourth-order valence-corrected chi connectivity index (χ4v) is 2.00. The molecule has 1 saturated heterocycles. The summed E-state index contributed by atoms with van der Waals surface area (Å²) in [7, 11) is 0. The van der Waals surface area contributed by atoms with E-state index in [2.05, 4.69) is 23.7 Å². The average molecular weight is 196 g/mol. The molecule has 1 fully saturated rings. The van der Waals surface area contributed by atoms with Crippen LogP contribution in [0.5, 0.6) is 0 Å². The van der Waals surface area contributed by atoms with Crippen LogP contribution in [0.15, 0.2) is 12.7 Å². The minimum Gasteiger partial charge on any atom is -0.315 e. The third-order valence-electron chi connectivity index (χ3n) is 2.98. The standard InChI is InChI=1S/C12H24N2/c1-3-4-8-13-11-12(2)14-9-6-5-7-10-14/h3,12-13H,1,4-11H2,2H3. The zero-order valence-electron chi connectivity index (χ0n) is 9.47. The Morgan fingerprint density at radius 1 is 1.36 bits per heavy atom. The molecule has 82 valence electrons. The topological polar surface area (TPSA) is 15.3 Å². The molecule has 1 heterocycles. The Kier molecular flexibility index (Phi) is 5.88. The molecular weight excluding hydrogens is 172 g/mol. The molecule has 1 N–H and O–H groups in total. The highest BCUT2D eigenvalue weighted by atomic mass is 15.2. The van der Waals surface area contributed by atoms with E-state index in [9.17, 15) is 0 Å². The fourth-order valence-electron chi connectivity index (χ4n) is 2.00. The second-order valence-corrected chi connectivity index (χ2v) is 4.23. The van der Waals surface area contributed by atoms with Crippen molar-refractivity contribution in [2.45, 2.75) is 38.6 Å². The van der Waals surface area contributed by atoms with Gasteiger partial charge in [-0.15, -0.1) is 6.58 Å². The van der Waals surface area contributed by atoms with E-state index in [1.807, 2.05) is 6.08 Å². The van der Waals surface area contributed by atoms with E-state index in [0.717, 1.165) is 19.5 Å². The number of piperidine rings is 1. The summed E-state index contributed by atoms with van der Waals surface area (Å²) in [6.07, 6.45) is 7.24. The summed E-state index contributed by atoms with van der Waals surface area (Å²) < 4.78 is 0. The number of hydrogen-bond acceptors (Lipinski definition) is 2. The van der Waals surface area contributed by atoms with Crippen molar-refractivity contribution < 1.29 is 0 Å². The van der Waals surface area contributed by atoms with E-state index in [0.29, 0.717) is 6.04 Å². The molecule has 0 spiro atoms. The van der Waals surface area contributed by atoms with Gasteiger partial charge in [-0.3, -0.25) is 4.90 Å². The normalized spacial score (nSPS) is 20.6. The molecule has 1 aliphatic rings. The molecule has 2 heteroatoms. The third-order valence-corrected chi connectivity index (χ3v) is 2.98. The van der Waals surface area contributed by atoms with Gasteiger partial charge in [0.1, 0.15) is 0 Å². The van der Waals surface area contributed by atoms with Crippen molar-refractivity contribution in [2.24, 2.45) is 0 Å². The fraction of sp³-hybridized carbons (Fsp3) is 0.833. The van der Waals surface area contributed by atoms with Crippen molar-refractivity contribution in [3.8, 4) is 0 Å². The van der Waals surface area contributed by atoms with Crippen LogP contribution in [0, 0.1) is 0 Å². The molecule has 2 nitrogen and oxygen atoms in total. The number of hydrogen-bond donors (Lipinski definition) is 1. The molecule has 14 heavy (non-hydrogen) atoms. The molecule has 0 amide bonds. The van der Waals surface area contributed by atoms with Gasteiger partial charge in [0.05, 0.1) is 0 Å². The summed E-state index contributed by atoms with van der Waals surface area (Å²) in [5.74, 6) is 0. The minimum atomic E-state index is 0.695. The van der Waals surface area contributed by atoms with Crippen LogP contribution in [-0.4, -0.2) is 37.1 Å². The van der Waals surface area contributed by atoms with Gasteiger partial charge in [-0.1, -0.05) is 12.5 Å². The van der Waals surface area contributed by atoms with E-state index in [4.69, 9.17) is 0 Å². The van der Waals surface area contributed by atoms with Crippen molar-refractivity contribution >= 4 is 0 Å². The number of nitrogens with one attached hydrogen (secondary N) is 1. The van der Waals surface area contributed by atoms with E-state index in [1.165, 1.54) is 32.4 Å². The first kappa shape index (κ1) is 11.7. The minimum absolute atomic E-state index is 0.695. The molecule has 0 aromatic heterocycles. The van der Waals surface area contributed by atoms with Crippen LogP contribution in [0.2, 0.25) is 0 Å². The Morgan fingerprint density at radius 2 is 2.07 bits per heavy atom. The quantitative estimate of drug-likeness (QED) is 0.516. The maximum atomic E-state index is 3.72. The van der Waals surface area contributed by atoms with Gasteiger partial charge in [0.15, 0.2) is 0 Å². The summed E-state index contributed by atoms with van der Waals surface area (Å²) in [6.45, 7) is 10.8. The van der Waals surface area contributed by atoms with Crippen LogP contribution < -0.4 is 5.32 Å². The first-order valence-corrected chi connectivity index (χ1v) is 5.90. The summed E-state index contributed by atoms with van der Waals surface area (Å²) in [5, 5.41) is 3.47. The zero-order valence-corrected chi connectivity index (χ0v) is 9.47. The van der Waals surface area contributed by atoms with Crippen LogP contribution in [0.25, 0.3) is 0 Å². The average Bonchev–Trinajstić information content (AvgIpc) is 2.25. The van der Waals surface area contributed by atoms with E-state index in [1.54, 1.807) is 0 Å². The SMILES string of the molecule is C=CCCNCC(C)N1CCCCC1. The molecule has 1 aliphatic heterocycles. The molecule has 0 radical (unpaired) electrons. The zero-order chi connectivity index (χ0) is 10.2. The Bertz CT molecular complexity index is 150. The number of rotatable bonds is 6. The van der Waals surface area contributed by atoms with Crippen molar-refractivity contribution in [2.75, 3.05) is 26.2 Å². The Balaban J connectivity index is 2.06. The lowest BCUT2D eigenvalue weighted by Crippen LogP contribution is -2.43. The van der Waals surface area contributed by atoms with Crippen LogP contribution in [0.4, 0.5) is 0 Å². The van der Waals surface area contributed by atoms with Gasteiger partial charge >= 0.3 is 0 Å². The molecular formula is C12H24N2. The monoisotopic (exact) mass is 196 g/mol. The third kappa shape index (κ3) is 4.25. The van der Waals surface area contributed by atoms with Crippen LogP contribution in [0.3, 0.4) is 0 Å².